The maximum absolute atomic E-state index is 13.2. The number of nitrogens with zero attached hydrogens (tertiary/aromatic N) is 2. The number of sulfonamides is 1. The van der Waals surface area contributed by atoms with Crippen LogP contribution in [0.15, 0.2) is 48.5 Å². The van der Waals surface area contributed by atoms with Crippen LogP contribution in [-0.4, -0.2) is 55.5 Å². The van der Waals surface area contributed by atoms with Gasteiger partial charge in [0.1, 0.15) is 5.75 Å². The summed E-state index contributed by atoms with van der Waals surface area (Å²) in [5.41, 5.74) is 1.49. The molecular formula is C22H25ClN2O4S. The van der Waals surface area contributed by atoms with Crippen LogP contribution in [0.3, 0.4) is 0 Å². The van der Waals surface area contributed by atoms with Crippen LogP contribution in [0.5, 0.6) is 5.75 Å². The first-order valence-corrected chi connectivity index (χ1v) is 11.9. The Balaban J connectivity index is 1.45. The van der Waals surface area contributed by atoms with E-state index in [0.29, 0.717) is 55.4 Å². The quantitative estimate of drug-likeness (QED) is 0.718. The Morgan fingerprint density at radius 3 is 2.60 bits per heavy atom. The summed E-state index contributed by atoms with van der Waals surface area (Å²) in [5.74, 6) is 0.586. The lowest BCUT2D eigenvalue weighted by atomic mass is 10.0. The first-order valence-electron chi connectivity index (χ1n) is 10.0. The van der Waals surface area contributed by atoms with Crippen LogP contribution in [0.2, 0.25) is 5.02 Å². The van der Waals surface area contributed by atoms with E-state index in [1.54, 1.807) is 52.7 Å². The molecule has 0 spiro atoms. The van der Waals surface area contributed by atoms with Crippen LogP contribution in [0.25, 0.3) is 0 Å². The fraction of sp³-hybridized carbons (Fsp3) is 0.409. The molecule has 0 saturated carbocycles. The molecule has 2 saturated heterocycles. The summed E-state index contributed by atoms with van der Waals surface area (Å²) in [7, 11) is -1.83. The number of amides is 1. The molecule has 160 valence electrons. The predicted molar refractivity (Wildman–Crippen MR) is 116 cm³/mol. The summed E-state index contributed by atoms with van der Waals surface area (Å²) in [6.45, 7) is 1.85. The normalized spacial score (nSPS) is 23.6. The molecule has 30 heavy (non-hydrogen) atoms. The van der Waals surface area contributed by atoms with E-state index < -0.39 is 15.3 Å². The summed E-state index contributed by atoms with van der Waals surface area (Å²) in [6.07, 6.45) is 1.14. The van der Waals surface area contributed by atoms with Crippen LogP contribution < -0.4 is 4.74 Å². The van der Waals surface area contributed by atoms with Gasteiger partial charge >= 0.3 is 0 Å². The number of hydrogen-bond donors (Lipinski definition) is 0. The molecule has 2 fully saturated rings. The van der Waals surface area contributed by atoms with Crippen LogP contribution in [0.4, 0.5) is 0 Å². The van der Waals surface area contributed by atoms with E-state index in [1.165, 1.54) is 0 Å². The zero-order chi connectivity index (χ0) is 21.3. The number of hydrogen-bond acceptors (Lipinski definition) is 4. The van der Waals surface area contributed by atoms with Crippen molar-refractivity contribution in [1.29, 1.82) is 0 Å². The van der Waals surface area contributed by atoms with Crippen molar-refractivity contribution in [2.75, 3.05) is 26.7 Å². The minimum Gasteiger partial charge on any atom is -0.497 e. The van der Waals surface area contributed by atoms with Gasteiger partial charge in [0, 0.05) is 36.8 Å². The van der Waals surface area contributed by atoms with E-state index in [1.807, 2.05) is 12.1 Å². The smallest absolute Gasteiger partial charge is 0.253 e. The number of methoxy groups -OCH3 is 1. The summed E-state index contributed by atoms with van der Waals surface area (Å²) in [6, 6.07) is 14.4. The Bertz CT molecular complexity index is 1030. The molecule has 0 unspecified atom stereocenters. The molecule has 0 aromatic heterocycles. The van der Waals surface area contributed by atoms with Gasteiger partial charge in [-0.1, -0.05) is 29.8 Å². The molecule has 0 radical (unpaired) electrons. The van der Waals surface area contributed by atoms with Gasteiger partial charge in [-0.3, -0.25) is 4.79 Å². The molecule has 2 aliphatic heterocycles. The highest BCUT2D eigenvalue weighted by Gasteiger charge is 2.47. The molecule has 2 aromatic carbocycles. The number of halogens is 1. The van der Waals surface area contributed by atoms with Crippen molar-refractivity contribution < 1.29 is 17.9 Å². The molecule has 2 aromatic rings. The second kappa shape index (κ2) is 8.57. The second-order valence-electron chi connectivity index (χ2n) is 7.86. The van der Waals surface area contributed by atoms with Crippen LogP contribution in [0.1, 0.15) is 28.8 Å². The van der Waals surface area contributed by atoms with Crippen molar-refractivity contribution in [3.05, 3.63) is 64.7 Å². The topological polar surface area (TPSA) is 66.9 Å². The molecule has 2 heterocycles. The summed E-state index contributed by atoms with van der Waals surface area (Å²) in [5, 5.41) is 0.196. The lowest BCUT2D eigenvalue weighted by Crippen LogP contribution is -2.34. The molecule has 0 N–H and O–H groups in total. The number of benzene rings is 2. The average Bonchev–Trinajstić information content (AvgIpc) is 2.88. The molecular weight excluding hydrogens is 424 g/mol. The van der Waals surface area contributed by atoms with Gasteiger partial charge in [-0.25, -0.2) is 8.42 Å². The Labute approximate surface area is 182 Å². The minimum absolute atomic E-state index is 0.0328. The van der Waals surface area contributed by atoms with Gasteiger partial charge in [-0.2, -0.15) is 4.31 Å². The number of ether oxygens (including phenoxy) is 1. The van der Waals surface area contributed by atoms with E-state index in [9.17, 15) is 13.2 Å². The van der Waals surface area contributed by atoms with Crippen molar-refractivity contribution in [3.63, 3.8) is 0 Å². The van der Waals surface area contributed by atoms with Gasteiger partial charge < -0.3 is 9.64 Å². The first kappa shape index (κ1) is 21.2. The zero-order valence-corrected chi connectivity index (χ0v) is 18.4. The maximum atomic E-state index is 13.2. The van der Waals surface area contributed by atoms with Gasteiger partial charge in [-0.15, -0.1) is 0 Å². The fourth-order valence-electron chi connectivity index (χ4n) is 4.39. The maximum Gasteiger partial charge on any atom is 0.253 e. The van der Waals surface area contributed by atoms with E-state index >= 15 is 0 Å². The van der Waals surface area contributed by atoms with Crippen molar-refractivity contribution in [2.24, 2.45) is 5.92 Å². The minimum atomic E-state index is -3.40. The molecule has 0 bridgehead atoms. The zero-order valence-electron chi connectivity index (χ0n) is 16.8. The third kappa shape index (κ3) is 4.19. The van der Waals surface area contributed by atoms with E-state index in [2.05, 4.69) is 0 Å². The second-order valence-corrected chi connectivity index (χ2v) is 10.5. The van der Waals surface area contributed by atoms with Crippen molar-refractivity contribution in [3.8, 4) is 5.75 Å². The van der Waals surface area contributed by atoms with Gasteiger partial charge in [0.25, 0.3) is 5.91 Å². The Kier molecular flexibility index (Phi) is 6.04. The monoisotopic (exact) mass is 448 g/mol. The van der Waals surface area contributed by atoms with Crippen LogP contribution >= 0.6 is 11.6 Å². The van der Waals surface area contributed by atoms with Crippen LogP contribution in [-0.2, 0) is 16.6 Å². The number of rotatable bonds is 4. The SMILES string of the molecule is COc1cccc(C(=O)N2CC[C@@H]3CN(Cc4ccc(Cl)cc4)S(=O)(=O)[C@@H]3CC2)c1. The lowest BCUT2D eigenvalue weighted by molar-refractivity contribution is 0.0758. The number of carbonyl (C=O) groups is 1. The largest absolute Gasteiger partial charge is 0.497 e. The highest BCUT2D eigenvalue weighted by molar-refractivity contribution is 7.90. The number of fused-ring (bicyclic) bond motifs is 1. The third-order valence-corrected chi connectivity index (χ3v) is 8.67. The molecule has 2 aliphatic rings. The Morgan fingerprint density at radius 1 is 1.13 bits per heavy atom. The standard InChI is InChI=1S/C22H25ClN2O4S/c1-29-20-4-2-3-17(13-20)22(26)24-11-9-18-15-25(30(27,28)21(18)10-12-24)14-16-5-7-19(23)8-6-16/h2-8,13,18,21H,9-12,14-15H2,1H3/t18-,21-/m1/s1. The summed E-state index contributed by atoms with van der Waals surface area (Å²) >= 11 is 5.93. The van der Waals surface area contributed by atoms with Crippen LogP contribution in [0, 0.1) is 5.92 Å². The first-order chi connectivity index (χ1) is 14.4. The lowest BCUT2D eigenvalue weighted by Gasteiger charge is -2.22. The molecule has 4 rings (SSSR count). The Morgan fingerprint density at radius 2 is 1.87 bits per heavy atom. The highest BCUT2D eigenvalue weighted by Crippen LogP contribution is 2.35. The predicted octanol–water partition coefficient (Wildman–Crippen LogP) is 3.42. The molecule has 6 nitrogen and oxygen atoms in total. The van der Waals surface area contributed by atoms with Crippen molar-refractivity contribution in [1.82, 2.24) is 9.21 Å². The van der Waals surface area contributed by atoms with Gasteiger partial charge in [0.2, 0.25) is 10.0 Å². The molecule has 2 atom stereocenters. The summed E-state index contributed by atoms with van der Waals surface area (Å²) < 4.78 is 33.1. The average molecular weight is 449 g/mol. The summed E-state index contributed by atoms with van der Waals surface area (Å²) in [4.78, 5) is 14.7. The van der Waals surface area contributed by atoms with Crippen molar-refractivity contribution in [2.45, 2.75) is 24.6 Å². The Hall–Kier alpha value is -2.09. The number of likely N-dealkylation sites (tertiary alicyclic amines) is 1. The molecule has 0 aliphatic carbocycles. The van der Waals surface area contributed by atoms with Gasteiger partial charge in [-0.05, 0) is 54.7 Å². The number of carbonyl (C=O) groups excluding carboxylic acids is 1. The van der Waals surface area contributed by atoms with E-state index in [-0.39, 0.29) is 11.8 Å². The third-order valence-electron chi connectivity index (χ3n) is 6.04. The molecule has 8 heteroatoms. The van der Waals surface area contributed by atoms with E-state index in [0.717, 1.165) is 5.56 Å². The van der Waals surface area contributed by atoms with Gasteiger partial charge in [0.15, 0.2) is 0 Å². The molecule has 1 amide bonds. The van der Waals surface area contributed by atoms with E-state index in [4.69, 9.17) is 16.3 Å². The highest BCUT2D eigenvalue weighted by atomic mass is 35.5. The van der Waals surface area contributed by atoms with Crippen molar-refractivity contribution >= 4 is 27.5 Å². The van der Waals surface area contributed by atoms with Gasteiger partial charge in [0.05, 0.1) is 12.4 Å². The fourth-order valence-corrected chi connectivity index (χ4v) is 6.73.